The van der Waals surface area contributed by atoms with Crippen LogP contribution in [0.25, 0.3) is 0 Å². The van der Waals surface area contributed by atoms with Crippen molar-refractivity contribution in [3.05, 3.63) is 12.2 Å². The monoisotopic (exact) mass is 293 g/mol. The second-order valence-corrected chi connectivity index (χ2v) is 6.97. The molecule has 0 amide bonds. The summed E-state index contributed by atoms with van der Waals surface area (Å²) >= 11 is 0. The van der Waals surface area contributed by atoms with Crippen molar-refractivity contribution in [2.45, 2.75) is 72.1 Å². The Bertz CT molecular complexity index is 440. The second-order valence-electron chi connectivity index (χ2n) is 6.97. The van der Waals surface area contributed by atoms with Gasteiger partial charge in [0.25, 0.3) is 0 Å². The standard InChI is InChI=1S/C16H31N5/c1-6-8-21-15(18-12-19-21)10-20-9-14(13(3)7-2)17-11-16(20,4)5/h12-14,17H,6-11H2,1-5H3. The minimum absolute atomic E-state index is 0.160. The van der Waals surface area contributed by atoms with E-state index in [2.05, 4.69) is 59.6 Å². The van der Waals surface area contributed by atoms with E-state index in [1.165, 1.54) is 6.42 Å². The fraction of sp³-hybridized carbons (Fsp3) is 0.875. The third kappa shape index (κ3) is 3.83. The number of aromatic nitrogens is 3. The summed E-state index contributed by atoms with van der Waals surface area (Å²) in [6, 6.07) is 0.575. The van der Waals surface area contributed by atoms with Gasteiger partial charge in [-0.2, -0.15) is 5.10 Å². The zero-order valence-corrected chi connectivity index (χ0v) is 14.3. The van der Waals surface area contributed by atoms with E-state index in [0.29, 0.717) is 12.0 Å². The Labute approximate surface area is 129 Å². The van der Waals surface area contributed by atoms with E-state index in [9.17, 15) is 0 Å². The summed E-state index contributed by atoms with van der Waals surface area (Å²) in [5.41, 5.74) is 0.160. The molecule has 0 bridgehead atoms. The Morgan fingerprint density at radius 2 is 2.19 bits per heavy atom. The average molecular weight is 293 g/mol. The zero-order chi connectivity index (χ0) is 15.5. The summed E-state index contributed by atoms with van der Waals surface area (Å²) in [5, 5.41) is 8.08. The van der Waals surface area contributed by atoms with Gasteiger partial charge in [0.1, 0.15) is 12.2 Å². The Balaban J connectivity index is 2.09. The Morgan fingerprint density at radius 3 is 2.86 bits per heavy atom. The Hall–Kier alpha value is -0.940. The van der Waals surface area contributed by atoms with E-state index in [1.54, 1.807) is 6.33 Å². The van der Waals surface area contributed by atoms with Gasteiger partial charge in [-0.05, 0) is 26.2 Å². The largest absolute Gasteiger partial charge is 0.311 e. The third-order valence-electron chi connectivity index (χ3n) is 4.86. The predicted molar refractivity (Wildman–Crippen MR) is 86.0 cm³/mol. The lowest BCUT2D eigenvalue weighted by Gasteiger charge is -2.47. The summed E-state index contributed by atoms with van der Waals surface area (Å²) in [4.78, 5) is 7.04. The third-order valence-corrected chi connectivity index (χ3v) is 4.86. The number of aryl methyl sites for hydroxylation is 1. The molecular formula is C16H31N5. The lowest BCUT2D eigenvalue weighted by Crippen LogP contribution is -2.63. The molecule has 5 nitrogen and oxygen atoms in total. The Kier molecular flexibility index (Phi) is 5.38. The molecule has 0 radical (unpaired) electrons. The minimum atomic E-state index is 0.160. The van der Waals surface area contributed by atoms with Crippen LogP contribution in [0, 0.1) is 5.92 Å². The topological polar surface area (TPSA) is 46.0 Å². The SMILES string of the molecule is CCCn1ncnc1CN1CC(C(C)CC)NCC1(C)C. The molecule has 1 aliphatic rings. The van der Waals surface area contributed by atoms with Crippen molar-refractivity contribution in [2.75, 3.05) is 13.1 Å². The van der Waals surface area contributed by atoms with Crippen LogP contribution in [0.5, 0.6) is 0 Å². The molecule has 1 fully saturated rings. The summed E-state index contributed by atoms with van der Waals surface area (Å²) in [6.07, 6.45) is 4.00. The highest BCUT2D eigenvalue weighted by Crippen LogP contribution is 2.24. The van der Waals surface area contributed by atoms with Crippen molar-refractivity contribution in [3.8, 4) is 0 Å². The molecule has 1 N–H and O–H groups in total. The maximum atomic E-state index is 4.47. The van der Waals surface area contributed by atoms with Gasteiger partial charge < -0.3 is 5.32 Å². The quantitative estimate of drug-likeness (QED) is 0.874. The molecule has 1 aromatic rings. The highest BCUT2D eigenvalue weighted by molar-refractivity contribution is 4.97. The molecule has 1 saturated heterocycles. The molecule has 1 aliphatic heterocycles. The van der Waals surface area contributed by atoms with Crippen LogP contribution in [0.15, 0.2) is 6.33 Å². The number of nitrogens with one attached hydrogen (secondary N) is 1. The normalized spacial score (nSPS) is 24.1. The van der Waals surface area contributed by atoms with E-state index in [4.69, 9.17) is 0 Å². The van der Waals surface area contributed by atoms with Gasteiger partial charge in [-0.15, -0.1) is 0 Å². The van der Waals surface area contributed by atoms with Crippen LogP contribution in [-0.4, -0.2) is 44.3 Å². The Morgan fingerprint density at radius 1 is 1.43 bits per heavy atom. The molecular weight excluding hydrogens is 262 g/mol. The van der Waals surface area contributed by atoms with Crippen LogP contribution in [0.4, 0.5) is 0 Å². The average Bonchev–Trinajstić information content (AvgIpc) is 2.88. The number of hydrogen-bond acceptors (Lipinski definition) is 4. The van der Waals surface area contributed by atoms with Crippen LogP contribution in [0.1, 0.15) is 53.3 Å². The molecule has 1 aromatic heterocycles. The first-order chi connectivity index (χ1) is 9.97. The van der Waals surface area contributed by atoms with Gasteiger partial charge in [-0.25, -0.2) is 9.67 Å². The lowest BCUT2D eigenvalue weighted by atomic mass is 9.91. The summed E-state index contributed by atoms with van der Waals surface area (Å²) in [7, 11) is 0. The molecule has 0 aliphatic carbocycles. The first-order valence-corrected chi connectivity index (χ1v) is 8.33. The fourth-order valence-corrected chi connectivity index (χ4v) is 2.97. The summed E-state index contributed by atoms with van der Waals surface area (Å²) < 4.78 is 2.05. The van der Waals surface area contributed by atoms with E-state index in [1.807, 2.05) is 0 Å². The van der Waals surface area contributed by atoms with Crippen molar-refractivity contribution in [3.63, 3.8) is 0 Å². The van der Waals surface area contributed by atoms with Crippen molar-refractivity contribution >= 4 is 0 Å². The molecule has 0 saturated carbocycles. The second kappa shape index (κ2) is 6.88. The first-order valence-electron chi connectivity index (χ1n) is 8.33. The molecule has 0 spiro atoms. The van der Waals surface area contributed by atoms with Gasteiger partial charge in [-0.1, -0.05) is 27.2 Å². The number of hydrogen-bond donors (Lipinski definition) is 1. The van der Waals surface area contributed by atoms with Crippen LogP contribution < -0.4 is 5.32 Å². The summed E-state index contributed by atoms with van der Waals surface area (Å²) in [5.74, 6) is 1.80. The summed E-state index contributed by atoms with van der Waals surface area (Å²) in [6.45, 7) is 15.4. The van der Waals surface area contributed by atoms with Gasteiger partial charge in [0.15, 0.2) is 0 Å². The smallest absolute Gasteiger partial charge is 0.141 e. The van der Waals surface area contributed by atoms with Crippen molar-refractivity contribution in [1.29, 1.82) is 0 Å². The first kappa shape index (κ1) is 16.4. The number of piperazine rings is 1. The van der Waals surface area contributed by atoms with Gasteiger partial charge in [0.2, 0.25) is 0 Å². The van der Waals surface area contributed by atoms with Crippen molar-refractivity contribution < 1.29 is 0 Å². The molecule has 2 heterocycles. The molecule has 2 atom stereocenters. The van der Waals surface area contributed by atoms with Crippen LogP contribution >= 0.6 is 0 Å². The molecule has 2 rings (SSSR count). The molecule has 5 heteroatoms. The highest BCUT2D eigenvalue weighted by Gasteiger charge is 2.36. The highest BCUT2D eigenvalue weighted by atomic mass is 15.4. The van der Waals surface area contributed by atoms with E-state index in [0.717, 1.165) is 38.4 Å². The van der Waals surface area contributed by atoms with Crippen molar-refractivity contribution in [2.24, 2.45) is 5.92 Å². The molecule has 21 heavy (non-hydrogen) atoms. The number of nitrogens with zero attached hydrogens (tertiary/aromatic N) is 4. The van der Waals surface area contributed by atoms with Crippen LogP contribution in [0.2, 0.25) is 0 Å². The fourth-order valence-electron chi connectivity index (χ4n) is 2.97. The van der Waals surface area contributed by atoms with Gasteiger partial charge in [-0.3, -0.25) is 4.90 Å². The molecule has 2 unspecified atom stereocenters. The van der Waals surface area contributed by atoms with E-state index in [-0.39, 0.29) is 5.54 Å². The predicted octanol–water partition coefficient (Wildman–Crippen LogP) is 2.29. The zero-order valence-electron chi connectivity index (χ0n) is 14.3. The maximum absolute atomic E-state index is 4.47. The van der Waals surface area contributed by atoms with Gasteiger partial charge in [0, 0.05) is 31.2 Å². The van der Waals surface area contributed by atoms with Crippen LogP contribution in [-0.2, 0) is 13.1 Å². The van der Waals surface area contributed by atoms with Crippen LogP contribution in [0.3, 0.4) is 0 Å². The van der Waals surface area contributed by atoms with Crippen molar-refractivity contribution in [1.82, 2.24) is 25.0 Å². The maximum Gasteiger partial charge on any atom is 0.141 e. The lowest BCUT2D eigenvalue weighted by molar-refractivity contribution is 0.0415. The molecule has 0 aromatic carbocycles. The number of rotatable bonds is 6. The van der Waals surface area contributed by atoms with E-state index < -0.39 is 0 Å². The van der Waals surface area contributed by atoms with Gasteiger partial charge >= 0.3 is 0 Å². The minimum Gasteiger partial charge on any atom is -0.311 e. The molecule has 120 valence electrons. The van der Waals surface area contributed by atoms with E-state index >= 15 is 0 Å². The van der Waals surface area contributed by atoms with Gasteiger partial charge in [0.05, 0.1) is 6.54 Å².